The molecule has 2 aromatic rings. The Hall–Kier alpha value is -2.32. The minimum absolute atomic E-state index is 0.0174. The standard InChI is InChI=1S/C24H30N2O4S2/c1-15(2)20(31)21(27)26-24(11-3-4-12-24)23(30)25-18(22(28)29)14-16-7-9-17(10-8-16)19-6-5-13-32-19/h5-10,13,15,18,20,31H,3-4,11-12,14H2,1-2H3,(H,25,30)(H,26,27)(H,28,29). The highest BCUT2D eigenvalue weighted by Crippen LogP contribution is 2.31. The smallest absolute Gasteiger partial charge is 0.326 e. The summed E-state index contributed by atoms with van der Waals surface area (Å²) in [5.74, 6) is -1.81. The molecule has 2 atom stereocenters. The first-order valence-electron chi connectivity index (χ1n) is 10.9. The molecule has 3 rings (SSSR count). The Morgan fingerprint density at radius 2 is 1.78 bits per heavy atom. The highest BCUT2D eigenvalue weighted by atomic mass is 32.1. The van der Waals surface area contributed by atoms with Crippen LogP contribution < -0.4 is 10.6 Å². The van der Waals surface area contributed by atoms with Crippen molar-refractivity contribution in [2.24, 2.45) is 5.92 Å². The number of amides is 2. The molecular formula is C24H30N2O4S2. The fourth-order valence-electron chi connectivity index (χ4n) is 3.98. The summed E-state index contributed by atoms with van der Waals surface area (Å²) in [6.07, 6.45) is 2.75. The zero-order valence-corrected chi connectivity index (χ0v) is 20.0. The first-order valence-corrected chi connectivity index (χ1v) is 12.3. The van der Waals surface area contributed by atoms with E-state index >= 15 is 0 Å². The minimum Gasteiger partial charge on any atom is -0.480 e. The van der Waals surface area contributed by atoms with Crippen LogP contribution in [-0.4, -0.2) is 39.7 Å². The van der Waals surface area contributed by atoms with Gasteiger partial charge in [0, 0.05) is 11.3 Å². The van der Waals surface area contributed by atoms with Gasteiger partial charge >= 0.3 is 5.97 Å². The van der Waals surface area contributed by atoms with Gasteiger partial charge in [0.05, 0.1) is 5.25 Å². The van der Waals surface area contributed by atoms with Crippen molar-refractivity contribution in [3.8, 4) is 10.4 Å². The largest absolute Gasteiger partial charge is 0.480 e. The first kappa shape index (κ1) is 24.3. The number of benzene rings is 1. The van der Waals surface area contributed by atoms with E-state index in [0.717, 1.165) is 28.8 Å². The Morgan fingerprint density at radius 3 is 2.31 bits per heavy atom. The number of carboxylic acids is 1. The topological polar surface area (TPSA) is 95.5 Å². The van der Waals surface area contributed by atoms with E-state index in [-0.39, 0.29) is 18.2 Å². The zero-order chi connectivity index (χ0) is 23.3. The number of nitrogens with one attached hydrogen (secondary N) is 2. The summed E-state index contributed by atoms with van der Waals surface area (Å²) >= 11 is 6.00. The Kier molecular flexibility index (Phi) is 8.00. The average molecular weight is 475 g/mol. The number of carboxylic acid groups (broad SMARTS) is 1. The predicted octanol–water partition coefficient (Wildman–Crippen LogP) is 3.91. The fraction of sp³-hybridized carbons (Fsp3) is 0.458. The Balaban J connectivity index is 1.70. The molecule has 2 unspecified atom stereocenters. The summed E-state index contributed by atoms with van der Waals surface area (Å²) < 4.78 is 0. The van der Waals surface area contributed by atoms with Gasteiger partial charge in [-0.05, 0) is 41.3 Å². The lowest BCUT2D eigenvalue weighted by Crippen LogP contribution is -2.61. The van der Waals surface area contributed by atoms with E-state index < -0.39 is 28.7 Å². The van der Waals surface area contributed by atoms with Crippen molar-refractivity contribution in [3.63, 3.8) is 0 Å². The highest BCUT2D eigenvalue weighted by molar-refractivity contribution is 7.81. The van der Waals surface area contributed by atoms with Crippen molar-refractivity contribution in [1.82, 2.24) is 10.6 Å². The van der Waals surface area contributed by atoms with Gasteiger partial charge in [-0.15, -0.1) is 11.3 Å². The Bertz CT molecular complexity index is 935. The monoisotopic (exact) mass is 474 g/mol. The van der Waals surface area contributed by atoms with Crippen LogP contribution in [0.4, 0.5) is 0 Å². The molecule has 0 bridgehead atoms. The normalized spacial score (nSPS) is 17.0. The van der Waals surface area contributed by atoms with Crippen LogP contribution in [0, 0.1) is 5.92 Å². The van der Waals surface area contributed by atoms with E-state index in [1.54, 1.807) is 11.3 Å². The summed E-state index contributed by atoms with van der Waals surface area (Å²) in [5.41, 5.74) is 0.806. The van der Waals surface area contributed by atoms with Crippen LogP contribution in [0.15, 0.2) is 41.8 Å². The summed E-state index contributed by atoms with van der Waals surface area (Å²) in [6, 6.07) is 10.6. The second kappa shape index (κ2) is 10.5. The lowest BCUT2D eigenvalue weighted by Gasteiger charge is -2.32. The molecule has 0 radical (unpaired) electrons. The third-order valence-electron chi connectivity index (χ3n) is 5.96. The summed E-state index contributed by atoms with van der Waals surface area (Å²) in [7, 11) is 0. The van der Waals surface area contributed by atoms with Gasteiger partial charge in [0.2, 0.25) is 11.8 Å². The van der Waals surface area contributed by atoms with Gasteiger partial charge in [-0.3, -0.25) is 9.59 Å². The van der Waals surface area contributed by atoms with Gasteiger partial charge in [0.25, 0.3) is 0 Å². The van der Waals surface area contributed by atoms with E-state index in [2.05, 4.69) is 23.3 Å². The molecule has 8 heteroatoms. The Labute approximate surface area is 198 Å². The predicted molar refractivity (Wildman–Crippen MR) is 130 cm³/mol. The van der Waals surface area contributed by atoms with Crippen LogP contribution in [0.5, 0.6) is 0 Å². The van der Waals surface area contributed by atoms with Crippen LogP contribution in [0.25, 0.3) is 10.4 Å². The molecule has 1 aliphatic carbocycles. The average Bonchev–Trinajstić information content (AvgIpc) is 3.46. The molecule has 0 spiro atoms. The minimum atomic E-state index is -1.10. The number of aliphatic carboxylic acids is 1. The van der Waals surface area contributed by atoms with Crippen LogP contribution in [0.1, 0.15) is 45.1 Å². The van der Waals surface area contributed by atoms with E-state index in [4.69, 9.17) is 0 Å². The summed E-state index contributed by atoms with van der Waals surface area (Å²) in [6.45, 7) is 3.78. The fourth-order valence-corrected chi connectivity index (χ4v) is 4.78. The number of carbonyl (C=O) groups is 3. The van der Waals surface area contributed by atoms with Crippen molar-refractivity contribution in [3.05, 3.63) is 47.3 Å². The summed E-state index contributed by atoms with van der Waals surface area (Å²) in [4.78, 5) is 38.9. The third kappa shape index (κ3) is 5.72. The number of thiol groups is 1. The van der Waals surface area contributed by atoms with Crippen molar-refractivity contribution >= 4 is 41.7 Å². The molecular weight excluding hydrogens is 444 g/mol. The van der Waals surface area contributed by atoms with Crippen molar-refractivity contribution < 1.29 is 19.5 Å². The summed E-state index contributed by atoms with van der Waals surface area (Å²) in [5, 5.41) is 16.8. The lowest BCUT2D eigenvalue weighted by atomic mass is 9.94. The highest BCUT2D eigenvalue weighted by Gasteiger charge is 2.44. The molecule has 1 heterocycles. The molecule has 0 aliphatic heterocycles. The molecule has 2 amide bonds. The first-order chi connectivity index (χ1) is 15.2. The van der Waals surface area contributed by atoms with Gasteiger partial charge in [-0.25, -0.2) is 4.79 Å². The SMILES string of the molecule is CC(C)C(S)C(=O)NC1(C(=O)NC(Cc2ccc(-c3cccs3)cc2)C(=O)O)CCCC1. The van der Waals surface area contributed by atoms with E-state index in [9.17, 15) is 19.5 Å². The molecule has 1 saturated carbocycles. The van der Waals surface area contributed by atoms with E-state index in [1.807, 2.05) is 55.6 Å². The van der Waals surface area contributed by atoms with Gasteiger partial charge in [-0.2, -0.15) is 12.6 Å². The van der Waals surface area contributed by atoms with Crippen LogP contribution in [-0.2, 0) is 20.8 Å². The van der Waals surface area contributed by atoms with Gasteiger partial charge in [-0.1, -0.05) is 57.0 Å². The van der Waals surface area contributed by atoms with Gasteiger partial charge in [0.1, 0.15) is 11.6 Å². The van der Waals surface area contributed by atoms with Gasteiger partial charge < -0.3 is 15.7 Å². The third-order valence-corrected chi connectivity index (χ3v) is 7.71. The number of hydrogen-bond acceptors (Lipinski definition) is 5. The van der Waals surface area contributed by atoms with Crippen LogP contribution in [0.3, 0.4) is 0 Å². The van der Waals surface area contributed by atoms with E-state index in [0.29, 0.717) is 12.8 Å². The molecule has 0 saturated heterocycles. The molecule has 1 fully saturated rings. The van der Waals surface area contributed by atoms with Crippen molar-refractivity contribution in [2.75, 3.05) is 0 Å². The number of thiophene rings is 1. The molecule has 3 N–H and O–H groups in total. The van der Waals surface area contributed by atoms with Crippen LogP contribution >= 0.6 is 24.0 Å². The maximum Gasteiger partial charge on any atom is 0.326 e. The molecule has 32 heavy (non-hydrogen) atoms. The number of carbonyl (C=O) groups excluding carboxylic acids is 2. The number of rotatable bonds is 9. The van der Waals surface area contributed by atoms with E-state index in [1.165, 1.54) is 0 Å². The maximum atomic E-state index is 13.2. The van der Waals surface area contributed by atoms with Gasteiger partial charge in [0.15, 0.2) is 0 Å². The maximum absolute atomic E-state index is 13.2. The van der Waals surface area contributed by atoms with Crippen molar-refractivity contribution in [2.45, 2.75) is 62.8 Å². The lowest BCUT2D eigenvalue weighted by molar-refractivity contribution is -0.143. The van der Waals surface area contributed by atoms with Crippen LogP contribution in [0.2, 0.25) is 0 Å². The second-order valence-electron chi connectivity index (χ2n) is 8.71. The quantitative estimate of drug-likeness (QED) is 0.415. The molecule has 1 aromatic carbocycles. The molecule has 6 nitrogen and oxygen atoms in total. The second-order valence-corrected chi connectivity index (χ2v) is 10.2. The zero-order valence-electron chi connectivity index (χ0n) is 18.3. The number of hydrogen-bond donors (Lipinski definition) is 4. The molecule has 172 valence electrons. The Morgan fingerprint density at radius 1 is 1.12 bits per heavy atom. The molecule has 1 aromatic heterocycles. The van der Waals surface area contributed by atoms with Crippen molar-refractivity contribution in [1.29, 1.82) is 0 Å². The molecule has 1 aliphatic rings.